The van der Waals surface area contributed by atoms with Crippen LogP contribution >= 0.6 is 11.6 Å². The number of methoxy groups -OCH3 is 1. The Bertz CT molecular complexity index is 2380. The van der Waals surface area contributed by atoms with Gasteiger partial charge in [0, 0.05) is 68.6 Å². The Hall–Kier alpha value is -6.29. The van der Waals surface area contributed by atoms with Crippen molar-refractivity contribution in [3.05, 3.63) is 129 Å². The van der Waals surface area contributed by atoms with E-state index in [2.05, 4.69) is 32.8 Å². The summed E-state index contributed by atoms with van der Waals surface area (Å²) in [7, 11) is 1.33. The second kappa shape index (κ2) is 16.4. The number of anilines is 3. The quantitative estimate of drug-likeness (QED) is 0.0830. The number of benzene rings is 4. The maximum Gasteiger partial charge on any atom is 0.339 e. The molecule has 0 unspecified atom stereocenters. The van der Waals surface area contributed by atoms with Crippen LogP contribution in [0.4, 0.5) is 21.7 Å². The van der Waals surface area contributed by atoms with Crippen molar-refractivity contribution >= 4 is 46.5 Å². The highest BCUT2D eigenvalue weighted by atomic mass is 35.5. The van der Waals surface area contributed by atoms with E-state index in [-0.39, 0.29) is 48.3 Å². The lowest BCUT2D eigenvalue weighted by atomic mass is 9.90. The number of ether oxygens (including phenoxy) is 1. The summed E-state index contributed by atoms with van der Waals surface area (Å²) in [6.45, 7) is 0.398. The lowest BCUT2D eigenvalue weighted by Gasteiger charge is -2.30. The number of rotatable bonds is 8. The molecule has 0 atom stereocenters. The van der Waals surface area contributed by atoms with Gasteiger partial charge in [0.05, 0.1) is 42.7 Å². The number of esters is 1. The fourth-order valence-electron chi connectivity index (χ4n) is 6.85. The van der Waals surface area contributed by atoms with E-state index in [1.165, 1.54) is 19.2 Å². The minimum atomic E-state index is -0.466. The van der Waals surface area contributed by atoms with E-state index in [1.54, 1.807) is 54.7 Å². The molecular formula is C42H37ClFN7O4. The smallest absolute Gasteiger partial charge is 0.339 e. The van der Waals surface area contributed by atoms with Gasteiger partial charge in [0.25, 0.3) is 5.91 Å². The van der Waals surface area contributed by atoms with Crippen molar-refractivity contribution in [1.82, 2.24) is 15.3 Å². The molecule has 1 fully saturated rings. The summed E-state index contributed by atoms with van der Waals surface area (Å²) in [5.74, 6) is 4.57. The van der Waals surface area contributed by atoms with E-state index in [9.17, 15) is 19.1 Å². The first-order valence-electron chi connectivity index (χ1n) is 17.7. The third-order valence-corrected chi connectivity index (χ3v) is 9.81. The number of carbonyl (C=O) groups is 2. The molecule has 2 aliphatic rings. The number of hydrogen-bond acceptors (Lipinski definition) is 10. The number of phenolic OH excluding ortho intramolecular Hbond substituents is 1. The minimum Gasteiger partial charge on any atom is -0.507 e. The van der Waals surface area contributed by atoms with Gasteiger partial charge in [-0.05, 0) is 80.3 Å². The standard InChI is InChI=1S/C42H37ClFN7O4/c1-55-41(54)31-16-13-29(19-24(31)5-4-18-45)48-27-9-11-28(12-10-27)49-40(53)34-17-14-30(21-37(34)52)50-42-47-23-25-22-46-39(33-6-2-3-7-36(33)44)35-20-26(43)8-15-32(35)38(25)51-42/h2-3,6-8,13-17,19-21,23,27-28,48,52H,9-12,18,22,45H2,1H3,(H,49,53)(H,47,50,51). The van der Waals surface area contributed by atoms with Gasteiger partial charge in [0.15, 0.2) is 0 Å². The van der Waals surface area contributed by atoms with Gasteiger partial charge in [-0.15, -0.1) is 0 Å². The van der Waals surface area contributed by atoms with Crippen molar-refractivity contribution in [1.29, 1.82) is 0 Å². The molecule has 1 saturated carbocycles. The molecule has 11 nitrogen and oxygen atoms in total. The summed E-state index contributed by atoms with van der Waals surface area (Å²) < 4.78 is 19.8. The molecule has 13 heteroatoms. The third-order valence-electron chi connectivity index (χ3n) is 9.57. The molecule has 0 radical (unpaired) electrons. The average molecular weight is 758 g/mol. The van der Waals surface area contributed by atoms with Crippen LogP contribution < -0.4 is 21.7 Å². The highest BCUT2D eigenvalue weighted by Gasteiger charge is 2.26. The zero-order valence-electron chi connectivity index (χ0n) is 29.8. The number of amides is 1. The van der Waals surface area contributed by atoms with Crippen LogP contribution in [0, 0.1) is 17.7 Å². The van der Waals surface area contributed by atoms with Gasteiger partial charge >= 0.3 is 5.97 Å². The Morgan fingerprint density at radius 3 is 2.47 bits per heavy atom. The molecule has 7 rings (SSSR count). The highest BCUT2D eigenvalue weighted by Crippen LogP contribution is 2.35. The van der Waals surface area contributed by atoms with Gasteiger partial charge in [-0.1, -0.05) is 41.6 Å². The van der Waals surface area contributed by atoms with Crippen LogP contribution in [0.15, 0.2) is 90.1 Å². The van der Waals surface area contributed by atoms with Crippen LogP contribution in [0.25, 0.3) is 11.3 Å². The van der Waals surface area contributed by atoms with Gasteiger partial charge in [-0.3, -0.25) is 9.79 Å². The highest BCUT2D eigenvalue weighted by molar-refractivity contribution is 6.31. The molecule has 6 N–H and O–H groups in total. The molecular weight excluding hydrogens is 721 g/mol. The number of aromatic nitrogens is 2. The van der Waals surface area contributed by atoms with E-state index in [0.717, 1.165) is 42.5 Å². The van der Waals surface area contributed by atoms with E-state index < -0.39 is 11.8 Å². The van der Waals surface area contributed by atoms with Gasteiger partial charge in [-0.25, -0.2) is 19.2 Å². The molecule has 5 aromatic rings. The Balaban J connectivity index is 0.990. The summed E-state index contributed by atoms with van der Waals surface area (Å²) in [6, 6.07) is 21.9. The molecule has 1 aromatic heterocycles. The molecule has 1 aliphatic carbocycles. The lowest BCUT2D eigenvalue weighted by Crippen LogP contribution is -2.40. The number of aliphatic imine (C=N–C) groups is 1. The van der Waals surface area contributed by atoms with Gasteiger partial charge < -0.3 is 31.5 Å². The van der Waals surface area contributed by atoms with Crippen molar-refractivity contribution in [2.24, 2.45) is 10.7 Å². The summed E-state index contributed by atoms with van der Waals surface area (Å²) in [4.78, 5) is 39.4. The maximum atomic E-state index is 14.9. The Morgan fingerprint density at radius 2 is 1.71 bits per heavy atom. The Morgan fingerprint density at radius 1 is 0.945 bits per heavy atom. The molecule has 2 heterocycles. The number of fused-ring (bicyclic) bond motifs is 3. The fraction of sp³-hybridized carbons (Fsp3) is 0.214. The molecule has 0 bridgehead atoms. The first kappa shape index (κ1) is 37.0. The molecule has 55 heavy (non-hydrogen) atoms. The van der Waals surface area contributed by atoms with Gasteiger partial charge in [-0.2, -0.15) is 0 Å². The second-order valence-electron chi connectivity index (χ2n) is 13.2. The normalized spacial score (nSPS) is 15.9. The molecule has 4 aromatic carbocycles. The van der Waals surface area contributed by atoms with Crippen molar-refractivity contribution in [3.8, 4) is 28.8 Å². The largest absolute Gasteiger partial charge is 0.507 e. The zero-order valence-corrected chi connectivity index (χ0v) is 30.6. The second-order valence-corrected chi connectivity index (χ2v) is 13.6. The molecule has 0 spiro atoms. The topological polar surface area (TPSA) is 164 Å². The Labute approximate surface area is 322 Å². The molecule has 1 aliphatic heterocycles. The van der Waals surface area contributed by atoms with Crippen LogP contribution in [0.2, 0.25) is 5.02 Å². The summed E-state index contributed by atoms with van der Waals surface area (Å²) in [5, 5.41) is 21.1. The lowest BCUT2D eigenvalue weighted by molar-refractivity contribution is 0.0600. The summed E-state index contributed by atoms with van der Waals surface area (Å²) in [6.07, 6.45) is 4.75. The van der Waals surface area contributed by atoms with Crippen LogP contribution in [0.5, 0.6) is 5.75 Å². The van der Waals surface area contributed by atoms with Crippen LogP contribution in [-0.4, -0.2) is 58.4 Å². The number of nitrogens with zero attached hydrogens (tertiary/aromatic N) is 3. The molecule has 0 saturated heterocycles. The van der Waals surface area contributed by atoms with Crippen molar-refractivity contribution in [2.75, 3.05) is 24.3 Å². The molecule has 1 amide bonds. The number of halogens is 2. The average Bonchev–Trinajstić information content (AvgIpc) is 3.34. The third kappa shape index (κ3) is 8.28. The van der Waals surface area contributed by atoms with Gasteiger partial charge in [0.2, 0.25) is 5.95 Å². The number of carbonyl (C=O) groups excluding carboxylic acids is 2. The predicted molar refractivity (Wildman–Crippen MR) is 210 cm³/mol. The van der Waals surface area contributed by atoms with Crippen LogP contribution in [0.1, 0.15) is 68.7 Å². The van der Waals surface area contributed by atoms with Crippen LogP contribution in [-0.2, 0) is 11.3 Å². The SMILES string of the molecule is COC(=O)c1ccc(NC2CCC(NC(=O)c3ccc(Nc4ncc5c(n4)-c4ccc(Cl)cc4C(c4ccccc4F)=NC5)cc3O)CC2)cc1C#CCN. The van der Waals surface area contributed by atoms with E-state index in [0.29, 0.717) is 44.4 Å². The summed E-state index contributed by atoms with van der Waals surface area (Å²) >= 11 is 6.39. The Kier molecular flexibility index (Phi) is 11.0. The van der Waals surface area contributed by atoms with Crippen molar-refractivity contribution < 1.29 is 23.8 Å². The number of nitrogens with two attached hydrogens (primary N) is 1. The first-order valence-corrected chi connectivity index (χ1v) is 18.1. The number of hydrogen-bond donors (Lipinski definition) is 5. The first-order chi connectivity index (χ1) is 26.7. The van der Waals surface area contributed by atoms with Gasteiger partial charge in [0.1, 0.15) is 11.6 Å². The fourth-order valence-corrected chi connectivity index (χ4v) is 7.02. The van der Waals surface area contributed by atoms with Crippen molar-refractivity contribution in [2.45, 2.75) is 44.3 Å². The van der Waals surface area contributed by atoms with E-state index in [4.69, 9.17) is 32.0 Å². The van der Waals surface area contributed by atoms with E-state index in [1.807, 2.05) is 18.2 Å². The zero-order chi connectivity index (χ0) is 38.5. The van der Waals surface area contributed by atoms with E-state index >= 15 is 0 Å². The van der Waals surface area contributed by atoms with Crippen LogP contribution in [0.3, 0.4) is 0 Å². The number of aromatic hydroxyl groups is 1. The monoisotopic (exact) mass is 757 g/mol. The van der Waals surface area contributed by atoms with Crippen molar-refractivity contribution in [3.63, 3.8) is 0 Å². The maximum absolute atomic E-state index is 14.9. The number of nitrogens with one attached hydrogen (secondary N) is 3. The minimum absolute atomic E-state index is 0.0657. The number of phenols is 1. The predicted octanol–water partition coefficient (Wildman–Crippen LogP) is 6.99. The summed E-state index contributed by atoms with van der Waals surface area (Å²) in [5.41, 5.74) is 11.5. The molecule has 278 valence electrons.